The molecule has 2 fully saturated rings. The smallest absolute Gasteiger partial charge is 0.243 e. The van der Waals surface area contributed by atoms with Crippen LogP contribution in [0.2, 0.25) is 5.02 Å². The summed E-state index contributed by atoms with van der Waals surface area (Å²) in [6.07, 6.45) is 3.60. The van der Waals surface area contributed by atoms with Crippen molar-refractivity contribution in [1.29, 1.82) is 0 Å². The molecule has 0 spiro atoms. The highest BCUT2D eigenvalue weighted by molar-refractivity contribution is 7.89. The molecule has 0 bridgehead atoms. The number of hydrogen-bond donors (Lipinski definition) is 1. The van der Waals surface area contributed by atoms with Gasteiger partial charge in [-0.3, -0.25) is 4.79 Å². The van der Waals surface area contributed by atoms with E-state index >= 15 is 0 Å². The van der Waals surface area contributed by atoms with Crippen molar-refractivity contribution in [3.05, 3.63) is 65.2 Å². The van der Waals surface area contributed by atoms with E-state index in [0.29, 0.717) is 30.3 Å². The SMILES string of the molecule is O=C(NC(c1ccccc1)C1CC1)C1CCCN(S(=O)(=O)c2ccc(Cl)cc2)C1. The molecule has 1 saturated heterocycles. The van der Waals surface area contributed by atoms with Crippen LogP contribution < -0.4 is 5.32 Å². The first-order valence-electron chi connectivity index (χ1n) is 10.1. The highest BCUT2D eigenvalue weighted by Crippen LogP contribution is 2.41. The quantitative estimate of drug-likeness (QED) is 0.749. The third-order valence-electron chi connectivity index (χ3n) is 5.76. The predicted octanol–water partition coefficient (Wildman–Crippen LogP) is 4.01. The average Bonchev–Trinajstić information content (AvgIpc) is 3.58. The molecule has 4 rings (SSSR count). The Kier molecular flexibility index (Phi) is 5.95. The van der Waals surface area contributed by atoms with Crippen molar-refractivity contribution in [1.82, 2.24) is 9.62 Å². The molecule has 2 aromatic rings. The summed E-state index contributed by atoms with van der Waals surface area (Å²) in [5.41, 5.74) is 1.12. The first-order valence-corrected chi connectivity index (χ1v) is 11.9. The van der Waals surface area contributed by atoms with Crippen LogP contribution in [0.3, 0.4) is 0 Å². The normalized spacial score (nSPS) is 21.5. The summed E-state index contributed by atoms with van der Waals surface area (Å²) >= 11 is 5.88. The van der Waals surface area contributed by atoms with Gasteiger partial charge in [-0.2, -0.15) is 4.31 Å². The average molecular weight is 433 g/mol. The van der Waals surface area contributed by atoms with Gasteiger partial charge in [0.1, 0.15) is 0 Å². The number of amides is 1. The zero-order valence-electron chi connectivity index (χ0n) is 16.1. The van der Waals surface area contributed by atoms with Crippen LogP contribution in [-0.4, -0.2) is 31.7 Å². The zero-order chi connectivity index (χ0) is 20.4. The minimum atomic E-state index is -3.64. The second-order valence-corrected chi connectivity index (χ2v) is 10.3. The largest absolute Gasteiger partial charge is 0.349 e. The second-order valence-electron chi connectivity index (χ2n) is 7.89. The Morgan fingerprint density at radius 1 is 1.03 bits per heavy atom. The zero-order valence-corrected chi connectivity index (χ0v) is 17.7. The van der Waals surface area contributed by atoms with Gasteiger partial charge in [-0.25, -0.2) is 8.42 Å². The lowest BCUT2D eigenvalue weighted by Gasteiger charge is -2.32. The Morgan fingerprint density at radius 3 is 2.38 bits per heavy atom. The second kappa shape index (κ2) is 8.46. The molecule has 0 radical (unpaired) electrons. The van der Waals surface area contributed by atoms with Crippen LogP contribution in [0.15, 0.2) is 59.5 Å². The molecule has 2 atom stereocenters. The number of benzene rings is 2. The summed E-state index contributed by atoms with van der Waals surface area (Å²) in [6.45, 7) is 0.641. The fraction of sp³-hybridized carbons (Fsp3) is 0.409. The van der Waals surface area contributed by atoms with Crippen LogP contribution in [0, 0.1) is 11.8 Å². The standard InChI is InChI=1S/C22H25ClN2O3S/c23-19-10-12-20(13-11-19)29(27,28)25-14-4-7-18(15-25)22(26)24-21(17-8-9-17)16-5-2-1-3-6-16/h1-3,5-6,10-13,17-18,21H,4,7-9,14-15H2,(H,24,26). The van der Waals surface area contributed by atoms with Crippen LogP contribution in [0.5, 0.6) is 0 Å². The molecule has 2 aromatic carbocycles. The highest BCUT2D eigenvalue weighted by atomic mass is 35.5. The molecule has 1 aliphatic carbocycles. The van der Waals surface area contributed by atoms with E-state index in [2.05, 4.69) is 5.32 Å². The Morgan fingerprint density at radius 2 is 1.72 bits per heavy atom. The van der Waals surface area contributed by atoms with Crippen molar-refractivity contribution < 1.29 is 13.2 Å². The van der Waals surface area contributed by atoms with Gasteiger partial charge in [0, 0.05) is 18.1 Å². The third kappa shape index (κ3) is 4.65. The van der Waals surface area contributed by atoms with E-state index in [1.807, 2.05) is 30.3 Å². The molecular weight excluding hydrogens is 408 g/mol. The minimum absolute atomic E-state index is 0.00643. The van der Waals surface area contributed by atoms with Crippen molar-refractivity contribution in [2.45, 2.75) is 36.6 Å². The van der Waals surface area contributed by atoms with Crippen molar-refractivity contribution in [3.8, 4) is 0 Å². The topological polar surface area (TPSA) is 66.5 Å². The first kappa shape index (κ1) is 20.4. The number of carbonyl (C=O) groups excluding carboxylic acids is 1. The molecule has 29 heavy (non-hydrogen) atoms. The summed E-state index contributed by atoms with van der Waals surface area (Å²) in [5, 5.41) is 3.70. The van der Waals surface area contributed by atoms with E-state index < -0.39 is 10.0 Å². The fourth-order valence-corrected chi connectivity index (χ4v) is 5.61. The molecule has 1 saturated carbocycles. The Bertz CT molecular complexity index is 959. The molecule has 5 nitrogen and oxygen atoms in total. The minimum Gasteiger partial charge on any atom is -0.349 e. The number of rotatable bonds is 6. The summed E-state index contributed by atoms with van der Waals surface area (Å²) in [6, 6.07) is 16.2. The lowest BCUT2D eigenvalue weighted by atomic mass is 9.96. The number of carbonyl (C=O) groups is 1. The van der Waals surface area contributed by atoms with Gasteiger partial charge in [0.05, 0.1) is 16.9 Å². The maximum atomic E-state index is 13.0. The number of nitrogens with zero attached hydrogens (tertiary/aromatic N) is 1. The molecule has 7 heteroatoms. The maximum Gasteiger partial charge on any atom is 0.243 e. The van der Waals surface area contributed by atoms with Gasteiger partial charge in [-0.05, 0) is 61.4 Å². The highest BCUT2D eigenvalue weighted by Gasteiger charge is 2.37. The van der Waals surface area contributed by atoms with Gasteiger partial charge < -0.3 is 5.32 Å². The molecular formula is C22H25ClN2O3S. The third-order valence-corrected chi connectivity index (χ3v) is 7.89. The molecule has 1 heterocycles. The van der Waals surface area contributed by atoms with Crippen molar-refractivity contribution in [2.24, 2.45) is 11.8 Å². The van der Waals surface area contributed by atoms with E-state index in [-0.39, 0.29) is 29.3 Å². The van der Waals surface area contributed by atoms with Gasteiger partial charge in [0.2, 0.25) is 15.9 Å². The Hall–Kier alpha value is -1.89. The van der Waals surface area contributed by atoms with Crippen LogP contribution in [0.25, 0.3) is 0 Å². The Balaban J connectivity index is 1.46. The van der Waals surface area contributed by atoms with E-state index in [1.165, 1.54) is 16.4 Å². The van der Waals surface area contributed by atoms with Gasteiger partial charge in [0.25, 0.3) is 0 Å². The molecule has 0 aromatic heterocycles. The van der Waals surface area contributed by atoms with Crippen molar-refractivity contribution in [3.63, 3.8) is 0 Å². The predicted molar refractivity (Wildman–Crippen MR) is 113 cm³/mol. The van der Waals surface area contributed by atoms with E-state index in [1.54, 1.807) is 12.1 Å². The molecule has 1 amide bonds. The van der Waals surface area contributed by atoms with E-state index in [0.717, 1.165) is 18.4 Å². The number of piperidine rings is 1. The Labute approximate surface area is 177 Å². The van der Waals surface area contributed by atoms with Crippen LogP contribution >= 0.6 is 11.6 Å². The van der Waals surface area contributed by atoms with E-state index in [9.17, 15) is 13.2 Å². The molecule has 1 aliphatic heterocycles. The van der Waals surface area contributed by atoms with Crippen LogP contribution in [0.4, 0.5) is 0 Å². The number of hydrogen-bond acceptors (Lipinski definition) is 3. The summed E-state index contributed by atoms with van der Waals surface area (Å²) in [5.74, 6) is 0.0800. The van der Waals surface area contributed by atoms with Crippen LogP contribution in [0.1, 0.15) is 37.3 Å². The molecule has 2 unspecified atom stereocenters. The lowest BCUT2D eigenvalue weighted by Crippen LogP contribution is -2.46. The lowest BCUT2D eigenvalue weighted by molar-refractivity contribution is -0.127. The summed E-state index contributed by atoms with van der Waals surface area (Å²) < 4.78 is 27.4. The van der Waals surface area contributed by atoms with E-state index in [4.69, 9.17) is 11.6 Å². The van der Waals surface area contributed by atoms with Crippen molar-refractivity contribution in [2.75, 3.05) is 13.1 Å². The van der Waals surface area contributed by atoms with Gasteiger partial charge >= 0.3 is 0 Å². The van der Waals surface area contributed by atoms with Crippen molar-refractivity contribution >= 4 is 27.5 Å². The molecule has 154 valence electrons. The fourth-order valence-electron chi connectivity index (χ4n) is 3.96. The number of halogens is 1. The number of nitrogens with one attached hydrogen (secondary N) is 1. The van der Waals surface area contributed by atoms with Crippen LogP contribution in [-0.2, 0) is 14.8 Å². The maximum absolute atomic E-state index is 13.0. The monoisotopic (exact) mass is 432 g/mol. The van der Waals surface area contributed by atoms with Gasteiger partial charge in [-0.1, -0.05) is 41.9 Å². The molecule has 2 aliphatic rings. The summed E-state index contributed by atoms with van der Waals surface area (Å²) in [4.78, 5) is 13.2. The van der Waals surface area contributed by atoms with Gasteiger partial charge in [-0.15, -0.1) is 0 Å². The van der Waals surface area contributed by atoms with Gasteiger partial charge in [0.15, 0.2) is 0 Å². The summed E-state index contributed by atoms with van der Waals surface area (Å²) in [7, 11) is -3.64. The molecule has 1 N–H and O–H groups in total. The first-order chi connectivity index (χ1) is 13.9. The number of sulfonamides is 1.